The minimum absolute atomic E-state index is 0.0352. The van der Waals surface area contributed by atoms with Crippen molar-refractivity contribution in [2.75, 3.05) is 6.61 Å². The van der Waals surface area contributed by atoms with Crippen molar-refractivity contribution in [3.63, 3.8) is 0 Å². The molecule has 1 amide bonds. The quantitative estimate of drug-likeness (QED) is 0.904. The van der Waals surface area contributed by atoms with Crippen molar-refractivity contribution in [2.45, 2.75) is 45.8 Å². The predicted octanol–water partition coefficient (Wildman–Crippen LogP) is 2.33. The number of nitrogens with one attached hydrogen (secondary N) is 1. The van der Waals surface area contributed by atoms with Gasteiger partial charge in [-0.1, -0.05) is 6.92 Å². The molecule has 1 unspecified atom stereocenters. The van der Waals surface area contributed by atoms with E-state index in [1.165, 1.54) is 0 Å². The number of benzene rings is 1. The van der Waals surface area contributed by atoms with E-state index in [0.29, 0.717) is 17.1 Å². The normalized spacial score (nSPS) is 15.1. The lowest BCUT2D eigenvalue weighted by Crippen LogP contribution is -2.48. The van der Waals surface area contributed by atoms with Crippen LogP contribution in [0.2, 0.25) is 0 Å². The van der Waals surface area contributed by atoms with Crippen molar-refractivity contribution in [3.05, 3.63) is 23.8 Å². The summed E-state index contributed by atoms with van der Waals surface area (Å²) in [5.41, 5.74) is 0.300. The van der Waals surface area contributed by atoms with Crippen LogP contribution in [0.1, 0.15) is 44.5 Å². The second-order valence-electron chi connectivity index (χ2n) is 5.86. The Morgan fingerprint density at radius 2 is 2.19 bits per heavy atom. The first kappa shape index (κ1) is 15.4. The van der Waals surface area contributed by atoms with E-state index in [-0.39, 0.29) is 23.8 Å². The molecule has 0 saturated carbocycles. The Bertz CT molecular complexity index is 565. The fraction of sp³-hybridized carbons (Fsp3) is 0.500. The number of hydrogen-bond acceptors (Lipinski definition) is 4. The van der Waals surface area contributed by atoms with Crippen LogP contribution in [0.25, 0.3) is 0 Å². The van der Waals surface area contributed by atoms with Gasteiger partial charge in [0.1, 0.15) is 11.5 Å². The summed E-state index contributed by atoms with van der Waals surface area (Å²) in [4.78, 5) is 23.6. The number of Topliss-reactive ketones (excluding diaryl/α,β-unsaturated/α-hetero) is 1. The molecule has 0 fully saturated rings. The van der Waals surface area contributed by atoms with Gasteiger partial charge in [0, 0.05) is 11.6 Å². The Hall–Kier alpha value is -2.04. The molecule has 1 atom stereocenters. The van der Waals surface area contributed by atoms with E-state index >= 15 is 0 Å². The molecule has 1 aromatic carbocycles. The Morgan fingerprint density at radius 3 is 2.86 bits per heavy atom. The first-order valence-electron chi connectivity index (χ1n) is 7.11. The average molecular weight is 291 g/mol. The lowest BCUT2D eigenvalue weighted by atomic mass is 10.0. The lowest BCUT2D eigenvalue weighted by Gasteiger charge is -2.26. The third kappa shape index (κ3) is 3.54. The smallest absolute Gasteiger partial charge is 0.261 e. The van der Waals surface area contributed by atoms with Crippen molar-refractivity contribution in [1.29, 1.82) is 0 Å². The van der Waals surface area contributed by atoms with Gasteiger partial charge in [0.05, 0.1) is 5.56 Å². The fourth-order valence-electron chi connectivity index (χ4n) is 1.93. The Labute approximate surface area is 124 Å². The third-order valence-corrected chi connectivity index (χ3v) is 3.64. The number of carbonyl (C=O) groups excluding carboxylic acids is 2. The van der Waals surface area contributed by atoms with E-state index in [1.54, 1.807) is 25.1 Å². The molecule has 5 nitrogen and oxygen atoms in total. The van der Waals surface area contributed by atoms with Gasteiger partial charge in [0.2, 0.25) is 5.78 Å². The zero-order valence-corrected chi connectivity index (χ0v) is 12.9. The van der Waals surface area contributed by atoms with E-state index < -0.39 is 6.10 Å². The lowest BCUT2D eigenvalue weighted by molar-refractivity contribution is -0.128. The molecule has 1 aliphatic rings. The highest BCUT2D eigenvalue weighted by Crippen LogP contribution is 2.29. The largest absolute Gasteiger partial charge is 0.485 e. The Kier molecular flexibility index (Phi) is 4.21. The van der Waals surface area contributed by atoms with Crippen molar-refractivity contribution >= 4 is 11.7 Å². The SMILES string of the molecule is CCC(C)(C)NC(=O)C(C)Oc1ccc2c(c1)OCC2=O. The van der Waals surface area contributed by atoms with Crippen molar-refractivity contribution in [1.82, 2.24) is 5.32 Å². The van der Waals surface area contributed by atoms with Crippen molar-refractivity contribution in [2.24, 2.45) is 0 Å². The molecule has 5 heteroatoms. The van der Waals surface area contributed by atoms with Gasteiger partial charge in [-0.25, -0.2) is 0 Å². The molecule has 21 heavy (non-hydrogen) atoms. The van der Waals surface area contributed by atoms with Crippen LogP contribution < -0.4 is 14.8 Å². The molecule has 1 N–H and O–H groups in total. The molecule has 1 aliphatic heterocycles. The first-order valence-corrected chi connectivity index (χ1v) is 7.11. The van der Waals surface area contributed by atoms with Crippen LogP contribution in [0, 0.1) is 0 Å². The summed E-state index contributed by atoms with van der Waals surface area (Å²) in [7, 11) is 0. The van der Waals surface area contributed by atoms with Crippen molar-refractivity contribution in [3.8, 4) is 11.5 Å². The van der Waals surface area contributed by atoms with Crippen LogP contribution >= 0.6 is 0 Å². The number of amides is 1. The maximum absolute atomic E-state index is 12.1. The molecule has 0 radical (unpaired) electrons. The summed E-state index contributed by atoms with van der Waals surface area (Å²) in [5, 5.41) is 2.94. The maximum Gasteiger partial charge on any atom is 0.261 e. The number of rotatable bonds is 5. The molecule has 0 spiro atoms. The van der Waals surface area contributed by atoms with Crippen LogP contribution in [-0.4, -0.2) is 29.9 Å². The molecule has 1 heterocycles. The van der Waals surface area contributed by atoms with Crippen LogP contribution in [-0.2, 0) is 4.79 Å². The second-order valence-corrected chi connectivity index (χ2v) is 5.86. The van der Waals surface area contributed by atoms with E-state index in [4.69, 9.17) is 9.47 Å². The van der Waals surface area contributed by atoms with Gasteiger partial charge in [-0.15, -0.1) is 0 Å². The zero-order chi connectivity index (χ0) is 15.6. The van der Waals surface area contributed by atoms with Gasteiger partial charge in [0.15, 0.2) is 12.7 Å². The van der Waals surface area contributed by atoms with Crippen molar-refractivity contribution < 1.29 is 19.1 Å². The zero-order valence-electron chi connectivity index (χ0n) is 12.9. The number of hydrogen-bond donors (Lipinski definition) is 1. The van der Waals surface area contributed by atoms with Crippen LogP contribution in [0.4, 0.5) is 0 Å². The minimum atomic E-state index is -0.619. The van der Waals surface area contributed by atoms with Gasteiger partial charge >= 0.3 is 0 Å². The molecular formula is C16H21NO4. The predicted molar refractivity (Wildman–Crippen MR) is 78.9 cm³/mol. The Balaban J connectivity index is 2.02. The van der Waals surface area contributed by atoms with Gasteiger partial charge < -0.3 is 14.8 Å². The molecule has 114 valence electrons. The van der Waals surface area contributed by atoms with Gasteiger partial charge in [-0.3, -0.25) is 9.59 Å². The average Bonchev–Trinajstić information content (AvgIpc) is 2.79. The third-order valence-electron chi connectivity index (χ3n) is 3.64. The standard InChI is InChI=1S/C16H21NO4/c1-5-16(3,4)17-15(19)10(2)21-11-6-7-12-13(18)9-20-14(12)8-11/h6-8,10H,5,9H2,1-4H3,(H,17,19). The van der Waals surface area contributed by atoms with Gasteiger partial charge in [0.25, 0.3) is 5.91 Å². The van der Waals surface area contributed by atoms with Crippen LogP contribution in [0.5, 0.6) is 11.5 Å². The molecule has 2 rings (SSSR count). The summed E-state index contributed by atoms with van der Waals surface area (Å²) in [6.07, 6.45) is 0.214. The topological polar surface area (TPSA) is 64.6 Å². The number of fused-ring (bicyclic) bond motifs is 1. The molecule has 0 saturated heterocycles. The molecule has 1 aromatic rings. The molecule has 0 bridgehead atoms. The number of ether oxygens (including phenoxy) is 2. The summed E-state index contributed by atoms with van der Waals surface area (Å²) >= 11 is 0. The monoisotopic (exact) mass is 291 g/mol. The highest BCUT2D eigenvalue weighted by molar-refractivity contribution is 6.02. The van der Waals surface area contributed by atoms with Crippen LogP contribution in [0.15, 0.2) is 18.2 Å². The summed E-state index contributed by atoms with van der Waals surface area (Å²) < 4.78 is 10.9. The first-order chi connectivity index (χ1) is 9.82. The second kappa shape index (κ2) is 5.76. The minimum Gasteiger partial charge on any atom is -0.485 e. The molecular weight excluding hydrogens is 270 g/mol. The highest BCUT2D eigenvalue weighted by atomic mass is 16.5. The molecule has 0 aromatic heterocycles. The highest BCUT2D eigenvalue weighted by Gasteiger charge is 2.25. The maximum atomic E-state index is 12.1. The summed E-state index contributed by atoms with van der Waals surface area (Å²) in [5.74, 6) is 0.825. The number of carbonyl (C=O) groups is 2. The fourth-order valence-corrected chi connectivity index (χ4v) is 1.93. The van der Waals surface area contributed by atoms with E-state index in [2.05, 4.69) is 5.32 Å². The molecule has 0 aliphatic carbocycles. The number of ketones is 1. The summed E-state index contributed by atoms with van der Waals surface area (Å²) in [6, 6.07) is 5.00. The Morgan fingerprint density at radius 1 is 1.48 bits per heavy atom. The van der Waals surface area contributed by atoms with E-state index in [0.717, 1.165) is 6.42 Å². The van der Waals surface area contributed by atoms with E-state index in [1.807, 2.05) is 20.8 Å². The summed E-state index contributed by atoms with van der Waals surface area (Å²) in [6.45, 7) is 7.71. The van der Waals surface area contributed by atoms with Gasteiger partial charge in [-0.05, 0) is 39.3 Å². The van der Waals surface area contributed by atoms with E-state index in [9.17, 15) is 9.59 Å². The van der Waals surface area contributed by atoms with Gasteiger partial charge in [-0.2, -0.15) is 0 Å². The van der Waals surface area contributed by atoms with Crippen LogP contribution in [0.3, 0.4) is 0 Å².